The van der Waals surface area contributed by atoms with Crippen molar-refractivity contribution in [3.05, 3.63) is 35.6 Å². The maximum absolute atomic E-state index is 13.3. The summed E-state index contributed by atoms with van der Waals surface area (Å²) in [7, 11) is 3.96. The van der Waals surface area contributed by atoms with Gasteiger partial charge in [0.1, 0.15) is 5.82 Å². The predicted octanol–water partition coefficient (Wildman–Crippen LogP) is 1.90. The van der Waals surface area contributed by atoms with Crippen molar-refractivity contribution >= 4 is 5.91 Å². The van der Waals surface area contributed by atoms with Crippen LogP contribution in [0.1, 0.15) is 23.7 Å². The lowest BCUT2D eigenvalue weighted by atomic mass is 10.1. The van der Waals surface area contributed by atoms with Gasteiger partial charge < -0.3 is 10.2 Å². The molecular weight excluding hydrogens is 219 g/mol. The molecule has 1 rings (SSSR count). The van der Waals surface area contributed by atoms with Gasteiger partial charge in [-0.25, -0.2) is 4.39 Å². The first kappa shape index (κ1) is 13.6. The fourth-order valence-corrected chi connectivity index (χ4v) is 1.47. The van der Waals surface area contributed by atoms with Crippen LogP contribution in [0.4, 0.5) is 4.39 Å². The highest BCUT2D eigenvalue weighted by atomic mass is 19.1. The topological polar surface area (TPSA) is 32.3 Å². The number of amides is 1. The van der Waals surface area contributed by atoms with Crippen molar-refractivity contribution < 1.29 is 9.18 Å². The summed E-state index contributed by atoms with van der Waals surface area (Å²) in [5.41, 5.74) is 0.101. The van der Waals surface area contributed by atoms with Crippen LogP contribution in [0.25, 0.3) is 0 Å². The van der Waals surface area contributed by atoms with Gasteiger partial charge in [0.15, 0.2) is 0 Å². The molecule has 0 aliphatic rings. The van der Waals surface area contributed by atoms with Crippen molar-refractivity contribution in [2.75, 3.05) is 20.6 Å². The number of carbonyl (C=O) groups is 1. The molecule has 1 aromatic carbocycles. The molecule has 0 bridgehead atoms. The summed E-state index contributed by atoms with van der Waals surface area (Å²) in [6, 6.07) is 6.04. The van der Waals surface area contributed by atoms with Gasteiger partial charge >= 0.3 is 0 Å². The Kier molecular flexibility index (Phi) is 5.10. The van der Waals surface area contributed by atoms with Crippen molar-refractivity contribution in [2.45, 2.75) is 19.4 Å². The molecule has 1 N–H and O–H groups in total. The standard InChI is InChI=1S/C13H19FN2O/c1-10(8-9-16(2)3)15-13(17)11-6-4-5-7-12(11)14/h4-7,10H,8-9H2,1-3H3,(H,15,17). The molecule has 1 aromatic rings. The molecular formula is C13H19FN2O. The van der Waals surface area contributed by atoms with Crippen LogP contribution < -0.4 is 5.32 Å². The van der Waals surface area contributed by atoms with E-state index in [9.17, 15) is 9.18 Å². The highest BCUT2D eigenvalue weighted by Crippen LogP contribution is 2.06. The fourth-order valence-electron chi connectivity index (χ4n) is 1.47. The smallest absolute Gasteiger partial charge is 0.254 e. The Hall–Kier alpha value is -1.42. The van der Waals surface area contributed by atoms with Crippen molar-refractivity contribution in [3.8, 4) is 0 Å². The number of halogens is 1. The zero-order chi connectivity index (χ0) is 12.8. The highest BCUT2D eigenvalue weighted by molar-refractivity contribution is 5.94. The molecule has 0 saturated carbocycles. The second-order valence-corrected chi connectivity index (χ2v) is 4.45. The third kappa shape index (κ3) is 4.53. The summed E-state index contributed by atoms with van der Waals surface area (Å²) >= 11 is 0. The van der Waals surface area contributed by atoms with E-state index < -0.39 is 5.82 Å². The molecule has 1 atom stereocenters. The van der Waals surface area contributed by atoms with Crippen molar-refractivity contribution in [3.63, 3.8) is 0 Å². The normalized spacial score (nSPS) is 12.5. The van der Waals surface area contributed by atoms with Gasteiger partial charge in [-0.1, -0.05) is 12.1 Å². The molecule has 0 radical (unpaired) electrons. The largest absolute Gasteiger partial charge is 0.349 e. The Morgan fingerprint density at radius 3 is 2.65 bits per heavy atom. The van der Waals surface area contributed by atoms with Gasteiger partial charge in [0.2, 0.25) is 0 Å². The minimum absolute atomic E-state index is 0.0320. The molecule has 0 heterocycles. The molecule has 0 spiro atoms. The van der Waals surface area contributed by atoms with Crippen molar-refractivity contribution in [2.24, 2.45) is 0 Å². The first-order chi connectivity index (χ1) is 8.00. The van der Waals surface area contributed by atoms with E-state index >= 15 is 0 Å². The first-order valence-corrected chi connectivity index (χ1v) is 5.71. The quantitative estimate of drug-likeness (QED) is 0.849. The van der Waals surface area contributed by atoms with E-state index in [1.54, 1.807) is 12.1 Å². The van der Waals surface area contributed by atoms with Gasteiger partial charge in [0.05, 0.1) is 5.56 Å². The maximum atomic E-state index is 13.3. The van der Waals surface area contributed by atoms with Crippen LogP contribution in [0.3, 0.4) is 0 Å². The van der Waals surface area contributed by atoms with E-state index in [-0.39, 0.29) is 17.5 Å². The summed E-state index contributed by atoms with van der Waals surface area (Å²) in [4.78, 5) is 13.8. The summed E-state index contributed by atoms with van der Waals surface area (Å²) in [5.74, 6) is -0.834. The minimum atomic E-state index is -0.482. The molecule has 1 amide bonds. The van der Waals surface area contributed by atoms with Crippen LogP contribution in [-0.2, 0) is 0 Å². The van der Waals surface area contributed by atoms with Crippen LogP contribution in [-0.4, -0.2) is 37.5 Å². The van der Waals surface area contributed by atoms with Crippen LogP contribution in [0.15, 0.2) is 24.3 Å². The third-order valence-electron chi connectivity index (χ3n) is 2.51. The van der Waals surface area contributed by atoms with Crippen molar-refractivity contribution in [1.29, 1.82) is 0 Å². The van der Waals surface area contributed by atoms with E-state index in [0.717, 1.165) is 13.0 Å². The lowest BCUT2D eigenvalue weighted by Crippen LogP contribution is -2.35. The average molecular weight is 238 g/mol. The Balaban J connectivity index is 2.52. The number of rotatable bonds is 5. The fraction of sp³-hybridized carbons (Fsp3) is 0.462. The van der Waals surface area contributed by atoms with Gasteiger partial charge in [-0.15, -0.1) is 0 Å². The van der Waals surface area contributed by atoms with E-state index in [4.69, 9.17) is 0 Å². The molecule has 0 aliphatic carbocycles. The Morgan fingerprint density at radius 2 is 2.06 bits per heavy atom. The van der Waals surface area contributed by atoms with E-state index in [1.165, 1.54) is 12.1 Å². The first-order valence-electron chi connectivity index (χ1n) is 5.71. The summed E-state index contributed by atoms with van der Waals surface area (Å²) < 4.78 is 13.3. The molecule has 17 heavy (non-hydrogen) atoms. The summed E-state index contributed by atoms with van der Waals surface area (Å²) in [6.07, 6.45) is 0.840. The maximum Gasteiger partial charge on any atom is 0.254 e. The third-order valence-corrected chi connectivity index (χ3v) is 2.51. The monoisotopic (exact) mass is 238 g/mol. The summed E-state index contributed by atoms with van der Waals surface area (Å²) in [6.45, 7) is 2.81. The molecule has 4 heteroatoms. The molecule has 3 nitrogen and oxygen atoms in total. The molecule has 0 aromatic heterocycles. The van der Waals surface area contributed by atoms with Crippen LogP contribution >= 0.6 is 0 Å². The Bertz CT molecular complexity index is 379. The summed E-state index contributed by atoms with van der Waals surface area (Å²) in [5, 5.41) is 2.79. The van der Waals surface area contributed by atoms with Gasteiger partial charge in [-0.2, -0.15) is 0 Å². The van der Waals surface area contributed by atoms with Gasteiger partial charge in [-0.05, 0) is 46.1 Å². The zero-order valence-electron chi connectivity index (χ0n) is 10.5. The van der Waals surface area contributed by atoms with Crippen molar-refractivity contribution in [1.82, 2.24) is 10.2 Å². The number of hydrogen-bond acceptors (Lipinski definition) is 2. The Labute approximate surface area is 102 Å². The van der Waals surface area contributed by atoms with Crippen LogP contribution in [0, 0.1) is 5.82 Å². The molecule has 94 valence electrons. The number of benzene rings is 1. The van der Waals surface area contributed by atoms with Gasteiger partial charge in [0.25, 0.3) is 5.91 Å². The predicted molar refractivity (Wildman–Crippen MR) is 66.5 cm³/mol. The second kappa shape index (κ2) is 6.35. The Morgan fingerprint density at radius 1 is 1.41 bits per heavy atom. The minimum Gasteiger partial charge on any atom is -0.349 e. The SMILES string of the molecule is CC(CCN(C)C)NC(=O)c1ccccc1F. The van der Waals surface area contributed by atoms with E-state index in [2.05, 4.69) is 5.32 Å². The second-order valence-electron chi connectivity index (χ2n) is 4.45. The highest BCUT2D eigenvalue weighted by Gasteiger charge is 2.13. The van der Waals surface area contributed by atoms with E-state index in [0.29, 0.717) is 0 Å². The van der Waals surface area contributed by atoms with Gasteiger partial charge in [-0.3, -0.25) is 4.79 Å². The lowest BCUT2D eigenvalue weighted by molar-refractivity contribution is 0.0932. The molecule has 0 saturated heterocycles. The number of hydrogen-bond donors (Lipinski definition) is 1. The van der Waals surface area contributed by atoms with E-state index in [1.807, 2.05) is 25.9 Å². The molecule has 0 aliphatic heterocycles. The number of carbonyl (C=O) groups excluding carboxylic acids is 1. The molecule has 1 unspecified atom stereocenters. The lowest BCUT2D eigenvalue weighted by Gasteiger charge is -2.16. The number of nitrogens with one attached hydrogen (secondary N) is 1. The van der Waals surface area contributed by atoms with Gasteiger partial charge in [0, 0.05) is 6.04 Å². The molecule has 0 fully saturated rings. The van der Waals surface area contributed by atoms with Crippen LogP contribution in [0.2, 0.25) is 0 Å². The number of nitrogens with zero attached hydrogens (tertiary/aromatic N) is 1. The van der Waals surface area contributed by atoms with Crippen LogP contribution in [0.5, 0.6) is 0 Å². The average Bonchev–Trinajstić information content (AvgIpc) is 2.26. The zero-order valence-corrected chi connectivity index (χ0v) is 10.5.